The van der Waals surface area contributed by atoms with Crippen molar-refractivity contribution in [2.24, 2.45) is 5.92 Å². The third-order valence-corrected chi connectivity index (χ3v) is 6.00. The molecule has 1 aliphatic heterocycles. The summed E-state index contributed by atoms with van der Waals surface area (Å²) < 4.78 is 11.7. The Morgan fingerprint density at radius 2 is 2.12 bits per heavy atom. The van der Waals surface area contributed by atoms with Crippen LogP contribution in [0.4, 0.5) is 0 Å². The van der Waals surface area contributed by atoms with Crippen LogP contribution in [-0.2, 0) is 11.3 Å². The first kappa shape index (κ1) is 20.3. The van der Waals surface area contributed by atoms with E-state index in [9.17, 15) is 4.79 Å². The van der Waals surface area contributed by atoms with Crippen LogP contribution < -0.4 is 10.1 Å². The Labute approximate surface area is 185 Å². The lowest BCUT2D eigenvalue weighted by molar-refractivity contribution is -0.125. The molecule has 5 rings (SSSR count). The summed E-state index contributed by atoms with van der Waals surface area (Å²) in [6.07, 6.45) is 7.05. The minimum atomic E-state index is 0.124. The molecule has 1 fully saturated rings. The lowest BCUT2D eigenvalue weighted by Gasteiger charge is -2.30. The second-order valence-corrected chi connectivity index (χ2v) is 8.04. The highest BCUT2D eigenvalue weighted by molar-refractivity contribution is 5.82. The summed E-state index contributed by atoms with van der Waals surface area (Å²) in [4.78, 5) is 18.6. The van der Waals surface area contributed by atoms with Crippen molar-refractivity contribution in [3.05, 3.63) is 60.6 Å². The zero-order chi connectivity index (χ0) is 21.9. The topological polar surface area (TPSA) is 96.3 Å². The number of furan rings is 1. The number of fused-ring (bicyclic) bond motifs is 1. The molecular weight excluding hydrogens is 406 g/mol. The standard InChI is InChI=1S/C24H25N5O3/c1-25-24(30)16-7-10-29(11-8-16)14-18-15-31-22-12-19(3-4-20(18)22)32-23-5-2-17(13-26-23)21-6-9-27-28-21/h2-6,9,12-13,15-16H,7-8,10-11,14H2,1H3,(H,25,30)(H,27,28). The molecule has 0 aliphatic carbocycles. The van der Waals surface area contributed by atoms with E-state index in [0.717, 1.165) is 60.3 Å². The van der Waals surface area contributed by atoms with Crippen molar-refractivity contribution in [3.8, 4) is 22.9 Å². The van der Waals surface area contributed by atoms with Gasteiger partial charge in [-0.1, -0.05) is 0 Å². The average Bonchev–Trinajstić information content (AvgIpc) is 3.50. The van der Waals surface area contributed by atoms with Crippen LogP contribution in [0.1, 0.15) is 18.4 Å². The molecule has 8 nitrogen and oxygen atoms in total. The number of H-pyrrole nitrogens is 1. The molecule has 8 heteroatoms. The van der Waals surface area contributed by atoms with Gasteiger partial charge in [0.1, 0.15) is 11.3 Å². The van der Waals surface area contributed by atoms with Gasteiger partial charge < -0.3 is 14.5 Å². The summed E-state index contributed by atoms with van der Waals surface area (Å²) in [5.74, 6) is 1.46. The summed E-state index contributed by atoms with van der Waals surface area (Å²) in [5, 5.41) is 10.7. The molecule has 0 unspecified atom stereocenters. The molecule has 4 heterocycles. The van der Waals surface area contributed by atoms with Gasteiger partial charge in [-0.3, -0.25) is 14.8 Å². The Balaban J connectivity index is 1.24. The number of amides is 1. The van der Waals surface area contributed by atoms with E-state index in [2.05, 4.69) is 25.4 Å². The molecule has 164 valence electrons. The number of pyridine rings is 1. The first-order valence-electron chi connectivity index (χ1n) is 10.8. The normalized spacial score (nSPS) is 15.2. The highest BCUT2D eigenvalue weighted by Crippen LogP contribution is 2.30. The van der Waals surface area contributed by atoms with Gasteiger partial charge in [0.05, 0.1) is 12.0 Å². The number of carbonyl (C=O) groups is 1. The number of piperidine rings is 1. The van der Waals surface area contributed by atoms with Gasteiger partial charge in [-0.2, -0.15) is 5.10 Å². The van der Waals surface area contributed by atoms with Crippen molar-refractivity contribution in [1.29, 1.82) is 0 Å². The quantitative estimate of drug-likeness (QED) is 0.480. The summed E-state index contributed by atoms with van der Waals surface area (Å²) >= 11 is 0. The van der Waals surface area contributed by atoms with Gasteiger partial charge in [0.15, 0.2) is 0 Å². The van der Waals surface area contributed by atoms with Crippen molar-refractivity contribution in [2.75, 3.05) is 20.1 Å². The smallest absolute Gasteiger partial charge is 0.222 e. The molecule has 3 aromatic heterocycles. The molecule has 0 saturated carbocycles. The van der Waals surface area contributed by atoms with Gasteiger partial charge in [-0.25, -0.2) is 4.98 Å². The Hall–Kier alpha value is -3.65. The third kappa shape index (κ3) is 4.22. The van der Waals surface area contributed by atoms with Crippen molar-refractivity contribution in [3.63, 3.8) is 0 Å². The van der Waals surface area contributed by atoms with Gasteiger partial charge in [0.2, 0.25) is 11.8 Å². The molecule has 1 aliphatic rings. The van der Waals surface area contributed by atoms with Crippen LogP contribution in [-0.4, -0.2) is 46.1 Å². The molecule has 32 heavy (non-hydrogen) atoms. The van der Waals surface area contributed by atoms with E-state index < -0.39 is 0 Å². The van der Waals surface area contributed by atoms with E-state index in [1.54, 1.807) is 19.4 Å². The van der Waals surface area contributed by atoms with Gasteiger partial charge in [-0.05, 0) is 50.2 Å². The number of benzene rings is 1. The summed E-state index contributed by atoms with van der Waals surface area (Å²) in [7, 11) is 1.70. The largest absolute Gasteiger partial charge is 0.464 e. The van der Waals surface area contributed by atoms with Crippen LogP contribution in [0.2, 0.25) is 0 Å². The number of hydrogen-bond donors (Lipinski definition) is 2. The maximum absolute atomic E-state index is 11.8. The molecule has 1 saturated heterocycles. The maximum atomic E-state index is 11.8. The Kier molecular flexibility index (Phi) is 5.60. The lowest BCUT2D eigenvalue weighted by Crippen LogP contribution is -2.39. The fraction of sp³-hybridized carbons (Fsp3) is 0.292. The Morgan fingerprint density at radius 1 is 1.25 bits per heavy atom. The molecule has 4 aromatic rings. The predicted molar refractivity (Wildman–Crippen MR) is 120 cm³/mol. The predicted octanol–water partition coefficient (Wildman–Crippen LogP) is 3.97. The number of rotatable bonds is 6. The Bertz CT molecular complexity index is 1190. The van der Waals surface area contributed by atoms with E-state index in [1.807, 2.05) is 42.7 Å². The van der Waals surface area contributed by atoms with Gasteiger partial charge in [0.25, 0.3) is 0 Å². The number of nitrogens with zero attached hydrogens (tertiary/aromatic N) is 3. The molecule has 0 atom stereocenters. The first-order chi connectivity index (χ1) is 15.7. The van der Waals surface area contributed by atoms with E-state index in [1.165, 1.54) is 0 Å². The van der Waals surface area contributed by atoms with Crippen LogP contribution in [0.5, 0.6) is 11.6 Å². The van der Waals surface area contributed by atoms with Crippen molar-refractivity contribution >= 4 is 16.9 Å². The van der Waals surface area contributed by atoms with E-state index >= 15 is 0 Å². The fourth-order valence-electron chi connectivity index (χ4n) is 4.19. The number of ether oxygens (including phenoxy) is 1. The molecular formula is C24H25N5O3. The van der Waals surface area contributed by atoms with Crippen molar-refractivity contribution < 1.29 is 13.9 Å². The highest BCUT2D eigenvalue weighted by atomic mass is 16.5. The minimum absolute atomic E-state index is 0.124. The van der Waals surface area contributed by atoms with E-state index in [-0.39, 0.29) is 11.8 Å². The molecule has 1 amide bonds. The second-order valence-electron chi connectivity index (χ2n) is 8.04. The third-order valence-electron chi connectivity index (χ3n) is 6.00. The fourth-order valence-corrected chi connectivity index (χ4v) is 4.19. The average molecular weight is 431 g/mol. The zero-order valence-electron chi connectivity index (χ0n) is 17.9. The number of likely N-dealkylation sites (tertiary alicyclic amines) is 1. The van der Waals surface area contributed by atoms with Crippen LogP contribution >= 0.6 is 0 Å². The molecule has 1 aromatic carbocycles. The number of carbonyl (C=O) groups excluding carboxylic acids is 1. The molecule has 0 spiro atoms. The van der Waals surface area contributed by atoms with E-state index in [0.29, 0.717) is 11.6 Å². The highest BCUT2D eigenvalue weighted by Gasteiger charge is 2.24. The molecule has 0 radical (unpaired) electrons. The monoisotopic (exact) mass is 431 g/mol. The maximum Gasteiger partial charge on any atom is 0.222 e. The first-order valence-corrected chi connectivity index (χ1v) is 10.8. The molecule has 0 bridgehead atoms. The zero-order valence-corrected chi connectivity index (χ0v) is 17.9. The number of hydrogen-bond acceptors (Lipinski definition) is 6. The second kappa shape index (κ2) is 8.84. The van der Waals surface area contributed by atoms with Crippen LogP contribution in [0.25, 0.3) is 22.2 Å². The van der Waals surface area contributed by atoms with Gasteiger partial charge in [-0.15, -0.1) is 0 Å². The van der Waals surface area contributed by atoms with Crippen LogP contribution in [0.3, 0.4) is 0 Å². The summed E-state index contributed by atoms with van der Waals surface area (Å²) in [6, 6.07) is 11.5. The SMILES string of the molecule is CNC(=O)C1CCN(Cc2coc3cc(Oc4ccc(-c5ccn[nH]5)cn4)ccc23)CC1. The van der Waals surface area contributed by atoms with Crippen molar-refractivity contribution in [2.45, 2.75) is 19.4 Å². The number of aromatic nitrogens is 3. The Morgan fingerprint density at radius 3 is 2.84 bits per heavy atom. The van der Waals surface area contributed by atoms with E-state index in [4.69, 9.17) is 9.15 Å². The molecule has 2 N–H and O–H groups in total. The van der Waals surface area contributed by atoms with Crippen LogP contribution in [0, 0.1) is 5.92 Å². The van der Waals surface area contributed by atoms with Gasteiger partial charge in [0, 0.05) is 60.5 Å². The summed E-state index contributed by atoms with van der Waals surface area (Å²) in [6.45, 7) is 2.63. The van der Waals surface area contributed by atoms with Crippen molar-refractivity contribution in [1.82, 2.24) is 25.4 Å². The summed E-state index contributed by atoms with van der Waals surface area (Å²) in [5.41, 5.74) is 3.78. The lowest BCUT2D eigenvalue weighted by atomic mass is 9.95. The van der Waals surface area contributed by atoms with Crippen LogP contribution in [0.15, 0.2) is 59.5 Å². The number of aromatic amines is 1. The minimum Gasteiger partial charge on any atom is -0.464 e. The van der Waals surface area contributed by atoms with Gasteiger partial charge >= 0.3 is 0 Å². The number of nitrogens with one attached hydrogen (secondary N) is 2.